The molecule has 1 unspecified atom stereocenters. The van der Waals surface area contributed by atoms with E-state index in [0.29, 0.717) is 41.4 Å². The number of hydrogen-bond donors (Lipinski definition) is 1. The number of ether oxygens (including phenoxy) is 1. The molecule has 2 N–H and O–H groups in total. The topological polar surface area (TPSA) is 114 Å². The first-order chi connectivity index (χ1) is 16.0. The third-order valence-corrected chi connectivity index (χ3v) is 5.58. The predicted octanol–water partition coefficient (Wildman–Crippen LogP) is 3.66. The van der Waals surface area contributed by atoms with Gasteiger partial charge in [0.25, 0.3) is 5.91 Å². The van der Waals surface area contributed by atoms with E-state index in [4.69, 9.17) is 15.7 Å². The minimum absolute atomic E-state index is 0.0514. The summed E-state index contributed by atoms with van der Waals surface area (Å²) in [6, 6.07) is 16.1. The fourth-order valence-electron chi connectivity index (χ4n) is 3.92. The Bertz CT molecular complexity index is 1240. The number of nitrogens with two attached hydrogens (primary N) is 1. The molecular weight excluding hydrogens is 418 g/mol. The van der Waals surface area contributed by atoms with Crippen LogP contribution < -0.4 is 10.5 Å². The number of benzene rings is 2. The number of carbonyl (C=O) groups excluding carboxylic acids is 2. The molecule has 166 valence electrons. The summed E-state index contributed by atoms with van der Waals surface area (Å²) >= 11 is 0. The van der Waals surface area contributed by atoms with Crippen molar-refractivity contribution in [3.63, 3.8) is 0 Å². The van der Waals surface area contributed by atoms with Gasteiger partial charge in [0.2, 0.25) is 5.91 Å². The number of primary amides is 1. The average Bonchev–Trinajstić information content (AvgIpc) is 3.30. The number of aromatic nitrogens is 2. The number of amides is 2. The van der Waals surface area contributed by atoms with Gasteiger partial charge in [0.15, 0.2) is 0 Å². The van der Waals surface area contributed by atoms with Gasteiger partial charge in [0.05, 0.1) is 23.2 Å². The van der Waals surface area contributed by atoms with Crippen molar-refractivity contribution in [2.24, 2.45) is 5.73 Å². The molecule has 1 atom stereocenters. The van der Waals surface area contributed by atoms with Gasteiger partial charge in [0, 0.05) is 24.8 Å². The Kier molecular flexibility index (Phi) is 6.22. The average molecular weight is 441 g/mol. The maximum Gasteiger partial charge on any atom is 0.252 e. The Morgan fingerprint density at radius 3 is 2.70 bits per heavy atom. The molecule has 1 aromatic heterocycles. The molecule has 8 heteroatoms. The summed E-state index contributed by atoms with van der Waals surface area (Å²) in [5.41, 5.74) is 7.66. The van der Waals surface area contributed by atoms with E-state index in [0.717, 1.165) is 18.4 Å². The van der Waals surface area contributed by atoms with Crippen LogP contribution in [0.1, 0.15) is 34.8 Å². The monoisotopic (exact) mass is 441 g/mol. The molecule has 0 spiro atoms. The lowest BCUT2D eigenvalue weighted by Gasteiger charge is -2.32. The number of likely N-dealkylation sites (tertiary alicyclic amines) is 1. The standard InChI is InChI=1S/C25H23N5O3/c1-2-23(31)29-12-4-6-19(15-29)30-16-22(25(27)32)24(28-30)18-8-10-20(11-9-18)33-21-7-3-5-17(13-21)14-26/h2-3,5,7-11,13,16,19H,1,4,6,12,15H2,(H2,27,32). The number of rotatable bonds is 6. The Morgan fingerprint density at radius 2 is 2.00 bits per heavy atom. The molecule has 3 aromatic rings. The second kappa shape index (κ2) is 9.40. The second-order valence-corrected chi connectivity index (χ2v) is 7.79. The summed E-state index contributed by atoms with van der Waals surface area (Å²) in [4.78, 5) is 25.9. The van der Waals surface area contributed by atoms with Gasteiger partial charge in [-0.1, -0.05) is 12.6 Å². The Labute approximate surface area is 191 Å². The molecule has 33 heavy (non-hydrogen) atoms. The van der Waals surface area contributed by atoms with Crippen molar-refractivity contribution < 1.29 is 14.3 Å². The number of hydrogen-bond acceptors (Lipinski definition) is 5. The lowest BCUT2D eigenvalue weighted by Crippen LogP contribution is -2.40. The molecule has 2 aromatic carbocycles. The zero-order chi connectivity index (χ0) is 23.4. The van der Waals surface area contributed by atoms with Crippen LogP contribution in [0.4, 0.5) is 0 Å². The lowest BCUT2D eigenvalue weighted by atomic mass is 10.1. The summed E-state index contributed by atoms with van der Waals surface area (Å²) < 4.78 is 7.55. The third-order valence-electron chi connectivity index (χ3n) is 5.58. The van der Waals surface area contributed by atoms with Gasteiger partial charge in [-0.2, -0.15) is 10.4 Å². The largest absolute Gasteiger partial charge is 0.457 e. The number of carbonyl (C=O) groups is 2. The van der Waals surface area contributed by atoms with E-state index in [2.05, 4.69) is 17.7 Å². The zero-order valence-corrected chi connectivity index (χ0v) is 18.0. The van der Waals surface area contributed by atoms with Crippen molar-refractivity contribution in [2.45, 2.75) is 18.9 Å². The van der Waals surface area contributed by atoms with E-state index in [9.17, 15) is 9.59 Å². The molecule has 8 nitrogen and oxygen atoms in total. The number of piperidine rings is 1. The molecule has 1 saturated heterocycles. The first-order valence-electron chi connectivity index (χ1n) is 10.6. The quantitative estimate of drug-likeness (QED) is 0.586. The Hall–Kier alpha value is -4.38. The highest BCUT2D eigenvalue weighted by Gasteiger charge is 2.26. The molecule has 2 amide bonds. The van der Waals surface area contributed by atoms with Crippen molar-refractivity contribution in [2.75, 3.05) is 13.1 Å². The third kappa shape index (κ3) is 4.77. The van der Waals surface area contributed by atoms with Crippen LogP contribution in [0.5, 0.6) is 11.5 Å². The predicted molar refractivity (Wildman–Crippen MR) is 122 cm³/mol. The van der Waals surface area contributed by atoms with Gasteiger partial charge in [-0.15, -0.1) is 0 Å². The zero-order valence-electron chi connectivity index (χ0n) is 18.0. The van der Waals surface area contributed by atoms with Gasteiger partial charge < -0.3 is 15.4 Å². The van der Waals surface area contributed by atoms with E-state index < -0.39 is 5.91 Å². The Morgan fingerprint density at radius 1 is 1.21 bits per heavy atom. The van der Waals surface area contributed by atoms with E-state index >= 15 is 0 Å². The van der Waals surface area contributed by atoms with Gasteiger partial charge in [0.1, 0.15) is 17.2 Å². The fraction of sp³-hybridized carbons (Fsp3) is 0.200. The molecule has 4 rings (SSSR count). The highest BCUT2D eigenvalue weighted by atomic mass is 16.5. The molecular formula is C25H23N5O3. The summed E-state index contributed by atoms with van der Waals surface area (Å²) in [6.07, 6.45) is 4.65. The highest BCUT2D eigenvalue weighted by Crippen LogP contribution is 2.29. The molecule has 1 aliphatic heterocycles. The first-order valence-corrected chi connectivity index (χ1v) is 10.6. The van der Waals surface area contributed by atoms with Crippen LogP contribution in [0.3, 0.4) is 0 Å². The molecule has 0 radical (unpaired) electrons. The van der Waals surface area contributed by atoms with Gasteiger partial charge in [-0.3, -0.25) is 14.3 Å². The Balaban J connectivity index is 1.57. The maximum absolute atomic E-state index is 12.1. The van der Waals surface area contributed by atoms with Crippen LogP contribution in [-0.2, 0) is 4.79 Å². The summed E-state index contributed by atoms with van der Waals surface area (Å²) in [7, 11) is 0. The summed E-state index contributed by atoms with van der Waals surface area (Å²) in [5, 5.41) is 13.7. The molecule has 2 heterocycles. The van der Waals surface area contributed by atoms with Crippen LogP contribution in [0.25, 0.3) is 11.3 Å². The lowest BCUT2D eigenvalue weighted by molar-refractivity contribution is -0.127. The fourth-order valence-corrected chi connectivity index (χ4v) is 3.92. The minimum atomic E-state index is -0.570. The summed E-state index contributed by atoms with van der Waals surface area (Å²) in [6.45, 7) is 4.73. The highest BCUT2D eigenvalue weighted by molar-refractivity contribution is 5.98. The van der Waals surface area contributed by atoms with Gasteiger partial charge in [-0.05, 0) is 61.4 Å². The van der Waals surface area contributed by atoms with Crippen molar-refractivity contribution in [1.82, 2.24) is 14.7 Å². The van der Waals surface area contributed by atoms with E-state index in [-0.39, 0.29) is 11.9 Å². The number of nitriles is 1. The second-order valence-electron chi connectivity index (χ2n) is 7.79. The smallest absolute Gasteiger partial charge is 0.252 e. The van der Waals surface area contributed by atoms with Crippen molar-refractivity contribution in [1.29, 1.82) is 5.26 Å². The van der Waals surface area contributed by atoms with Gasteiger partial charge >= 0.3 is 0 Å². The van der Waals surface area contributed by atoms with E-state index in [1.807, 2.05) is 0 Å². The SMILES string of the molecule is C=CC(=O)N1CCCC(n2cc(C(N)=O)c(-c3ccc(Oc4cccc(C#N)c4)cc3)n2)C1. The minimum Gasteiger partial charge on any atom is -0.457 e. The maximum atomic E-state index is 12.1. The molecule has 0 aliphatic carbocycles. The summed E-state index contributed by atoms with van der Waals surface area (Å²) in [5.74, 6) is 0.456. The van der Waals surface area contributed by atoms with Crippen molar-refractivity contribution in [3.05, 3.63) is 78.5 Å². The molecule has 1 aliphatic rings. The molecule has 0 saturated carbocycles. The first kappa shape index (κ1) is 21.8. The van der Waals surface area contributed by atoms with Crippen LogP contribution in [-0.4, -0.2) is 39.6 Å². The van der Waals surface area contributed by atoms with Crippen LogP contribution in [0.15, 0.2) is 67.4 Å². The van der Waals surface area contributed by atoms with E-state index in [1.54, 1.807) is 64.3 Å². The van der Waals surface area contributed by atoms with Crippen LogP contribution in [0.2, 0.25) is 0 Å². The normalized spacial score (nSPS) is 15.5. The van der Waals surface area contributed by atoms with Crippen molar-refractivity contribution in [3.8, 4) is 28.8 Å². The number of nitrogens with zero attached hydrogens (tertiary/aromatic N) is 4. The van der Waals surface area contributed by atoms with Crippen molar-refractivity contribution >= 4 is 11.8 Å². The van der Waals surface area contributed by atoms with Gasteiger partial charge in [-0.25, -0.2) is 0 Å². The molecule has 0 bridgehead atoms. The van der Waals surface area contributed by atoms with Crippen LogP contribution in [0, 0.1) is 11.3 Å². The van der Waals surface area contributed by atoms with E-state index in [1.165, 1.54) is 6.08 Å². The van der Waals surface area contributed by atoms with Crippen LogP contribution >= 0.6 is 0 Å². The molecule has 1 fully saturated rings.